The van der Waals surface area contributed by atoms with E-state index in [2.05, 4.69) is 0 Å². The van der Waals surface area contributed by atoms with Crippen molar-refractivity contribution in [3.8, 4) is 0 Å². The molecule has 0 spiro atoms. The largest absolute Gasteiger partial charge is 0.338 e. The van der Waals surface area contributed by atoms with Crippen LogP contribution in [0, 0.1) is 10.1 Å². The number of nitrogens with zero attached hydrogens (tertiary/aromatic N) is 1. The van der Waals surface area contributed by atoms with Gasteiger partial charge in [0.05, 0.1) is 4.92 Å². The van der Waals surface area contributed by atoms with Gasteiger partial charge in [-0.15, -0.1) is 11.3 Å². The number of hydrogen-bond acceptors (Lipinski definition) is 3. The van der Waals surface area contributed by atoms with Crippen molar-refractivity contribution < 1.29 is 4.92 Å². The molecule has 0 unspecified atom stereocenters. The van der Waals surface area contributed by atoms with E-state index >= 15 is 0 Å². The van der Waals surface area contributed by atoms with Crippen molar-refractivity contribution in [2.24, 2.45) is 0 Å². The minimum Gasteiger partial charge on any atom is -0.257 e. The van der Waals surface area contributed by atoms with Gasteiger partial charge in [0.25, 0.3) is 0 Å². The SMILES string of the molecule is O=[N+]([O-])C(Cl)=Cc1cccs1. The van der Waals surface area contributed by atoms with Gasteiger partial charge in [0, 0.05) is 11.0 Å². The first-order chi connectivity index (χ1) is 5.20. The molecule has 0 saturated heterocycles. The van der Waals surface area contributed by atoms with Crippen LogP contribution in [0.5, 0.6) is 0 Å². The fourth-order valence-electron chi connectivity index (χ4n) is 0.543. The first kappa shape index (κ1) is 8.23. The van der Waals surface area contributed by atoms with Crippen molar-refractivity contribution in [1.29, 1.82) is 0 Å². The maximum Gasteiger partial charge on any atom is 0.338 e. The molecule has 0 bridgehead atoms. The summed E-state index contributed by atoms with van der Waals surface area (Å²) < 4.78 is 0. The van der Waals surface area contributed by atoms with Crippen molar-refractivity contribution in [2.45, 2.75) is 0 Å². The third-order valence-corrected chi connectivity index (χ3v) is 2.05. The zero-order chi connectivity index (χ0) is 8.27. The standard InChI is InChI=1S/C6H4ClNO2S/c7-6(8(9)10)4-5-2-1-3-11-5/h1-4H. The maximum absolute atomic E-state index is 10.0. The van der Waals surface area contributed by atoms with E-state index in [9.17, 15) is 10.1 Å². The Morgan fingerprint density at radius 3 is 3.00 bits per heavy atom. The van der Waals surface area contributed by atoms with Crippen molar-refractivity contribution in [3.05, 3.63) is 37.7 Å². The van der Waals surface area contributed by atoms with E-state index in [-0.39, 0.29) is 5.16 Å². The molecule has 5 heteroatoms. The van der Waals surface area contributed by atoms with E-state index in [4.69, 9.17) is 11.6 Å². The van der Waals surface area contributed by atoms with Gasteiger partial charge in [-0.3, -0.25) is 10.1 Å². The summed E-state index contributed by atoms with van der Waals surface area (Å²) in [6.45, 7) is 0. The Morgan fingerprint density at radius 1 is 1.82 bits per heavy atom. The van der Waals surface area contributed by atoms with Gasteiger partial charge in [0.2, 0.25) is 0 Å². The van der Waals surface area contributed by atoms with Crippen LogP contribution in [0.25, 0.3) is 6.08 Å². The molecule has 0 amide bonds. The molecule has 0 saturated carbocycles. The molecule has 1 aromatic rings. The van der Waals surface area contributed by atoms with Crippen molar-refractivity contribution in [2.75, 3.05) is 0 Å². The minimum absolute atomic E-state index is 0.354. The van der Waals surface area contributed by atoms with Gasteiger partial charge in [-0.1, -0.05) is 6.07 Å². The Balaban J connectivity index is 2.82. The zero-order valence-electron chi connectivity index (χ0n) is 5.36. The summed E-state index contributed by atoms with van der Waals surface area (Å²) in [7, 11) is 0. The van der Waals surface area contributed by atoms with Crippen molar-refractivity contribution in [1.82, 2.24) is 0 Å². The number of thiophene rings is 1. The number of hydrogen-bond donors (Lipinski definition) is 0. The highest BCUT2D eigenvalue weighted by molar-refractivity contribution is 7.10. The second-order valence-electron chi connectivity index (χ2n) is 1.74. The van der Waals surface area contributed by atoms with E-state index < -0.39 is 4.92 Å². The molecule has 1 aromatic heterocycles. The Hall–Kier alpha value is -0.870. The fraction of sp³-hybridized carbons (Fsp3) is 0. The van der Waals surface area contributed by atoms with Gasteiger partial charge >= 0.3 is 5.16 Å². The quantitative estimate of drug-likeness (QED) is 0.408. The highest BCUT2D eigenvalue weighted by Crippen LogP contribution is 2.15. The third-order valence-electron chi connectivity index (χ3n) is 0.979. The minimum atomic E-state index is -0.624. The first-order valence-corrected chi connectivity index (χ1v) is 4.01. The van der Waals surface area contributed by atoms with Crippen LogP contribution in [0.15, 0.2) is 22.7 Å². The Morgan fingerprint density at radius 2 is 2.55 bits per heavy atom. The summed E-state index contributed by atoms with van der Waals surface area (Å²) in [5, 5.41) is 11.5. The number of halogens is 1. The second kappa shape index (κ2) is 3.50. The van der Waals surface area contributed by atoms with Gasteiger partial charge in [-0.2, -0.15) is 0 Å². The van der Waals surface area contributed by atoms with Crippen LogP contribution < -0.4 is 0 Å². The Kier molecular flexibility index (Phi) is 2.62. The molecule has 1 heterocycles. The Labute approximate surface area is 72.1 Å². The van der Waals surface area contributed by atoms with E-state index in [0.717, 1.165) is 4.88 Å². The lowest BCUT2D eigenvalue weighted by Crippen LogP contribution is -1.89. The summed E-state index contributed by atoms with van der Waals surface area (Å²) in [4.78, 5) is 10.2. The maximum atomic E-state index is 10.0. The van der Waals surface area contributed by atoms with Gasteiger partial charge in [-0.05, 0) is 23.0 Å². The summed E-state index contributed by atoms with van der Waals surface area (Å²) in [6, 6.07) is 3.57. The third kappa shape index (κ3) is 2.32. The molecule has 0 N–H and O–H groups in total. The summed E-state index contributed by atoms with van der Waals surface area (Å²) in [6.07, 6.45) is 1.33. The van der Waals surface area contributed by atoms with E-state index in [1.165, 1.54) is 17.4 Å². The number of rotatable bonds is 2. The molecular weight excluding hydrogens is 186 g/mol. The smallest absolute Gasteiger partial charge is 0.257 e. The molecule has 0 aromatic carbocycles. The lowest BCUT2D eigenvalue weighted by atomic mass is 10.4. The molecule has 0 aliphatic carbocycles. The lowest BCUT2D eigenvalue weighted by molar-refractivity contribution is -0.410. The fourth-order valence-corrected chi connectivity index (χ4v) is 1.38. The molecular formula is C6H4ClNO2S. The molecule has 0 radical (unpaired) electrons. The predicted molar refractivity (Wildman–Crippen MR) is 45.1 cm³/mol. The zero-order valence-corrected chi connectivity index (χ0v) is 6.93. The van der Waals surface area contributed by atoms with Crippen LogP contribution in [0.3, 0.4) is 0 Å². The highest BCUT2D eigenvalue weighted by Gasteiger charge is 2.04. The van der Waals surface area contributed by atoms with Crippen molar-refractivity contribution >= 4 is 29.0 Å². The van der Waals surface area contributed by atoms with Crippen LogP contribution >= 0.6 is 22.9 Å². The summed E-state index contributed by atoms with van der Waals surface area (Å²) >= 11 is 6.68. The average molecular weight is 190 g/mol. The predicted octanol–water partition coefficient (Wildman–Crippen LogP) is 2.56. The average Bonchev–Trinajstić information content (AvgIpc) is 2.39. The van der Waals surface area contributed by atoms with Crippen LogP contribution in [-0.4, -0.2) is 4.92 Å². The molecule has 58 valence electrons. The summed E-state index contributed by atoms with van der Waals surface area (Å²) in [5.41, 5.74) is 0. The van der Waals surface area contributed by atoms with Gasteiger partial charge < -0.3 is 0 Å². The molecule has 0 atom stereocenters. The Bertz CT molecular complexity index is 281. The molecule has 3 nitrogen and oxygen atoms in total. The van der Waals surface area contributed by atoms with Crippen LogP contribution in [0.1, 0.15) is 4.88 Å². The monoisotopic (exact) mass is 189 g/mol. The molecule has 0 aliphatic rings. The van der Waals surface area contributed by atoms with Gasteiger partial charge in [0.1, 0.15) is 0 Å². The second-order valence-corrected chi connectivity index (χ2v) is 3.11. The van der Waals surface area contributed by atoms with Gasteiger partial charge in [-0.25, -0.2) is 0 Å². The molecule has 0 aliphatic heterocycles. The molecule has 1 rings (SSSR count). The normalized spacial score (nSPS) is 11.5. The summed E-state index contributed by atoms with van der Waals surface area (Å²) in [5.74, 6) is 0. The first-order valence-electron chi connectivity index (χ1n) is 2.75. The topological polar surface area (TPSA) is 43.1 Å². The molecule has 0 fully saturated rings. The van der Waals surface area contributed by atoms with Crippen molar-refractivity contribution in [3.63, 3.8) is 0 Å². The van der Waals surface area contributed by atoms with Crippen LogP contribution in [0.2, 0.25) is 0 Å². The van der Waals surface area contributed by atoms with Crippen LogP contribution in [-0.2, 0) is 0 Å². The van der Waals surface area contributed by atoms with E-state index in [0.29, 0.717) is 0 Å². The number of nitro groups is 1. The van der Waals surface area contributed by atoms with E-state index in [1.54, 1.807) is 12.1 Å². The van der Waals surface area contributed by atoms with Crippen LogP contribution in [0.4, 0.5) is 0 Å². The lowest BCUT2D eigenvalue weighted by Gasteiger charge is -1.83. The molecule has 11 heavy (non-hydrogen) atoms. The van der Waals surface area contributed by atoms with Gasteiger partial charge in [0.15, 0.2) is 0 Å². The van der Waals surface area contributed by atoms with E-state index in [1.807, 2.05) is 5.38 Å². The highest BCUT2D eigenvalue weighted by atomic mass is 35.5.